The van der Waals surface area contributed by atoms with E-state index in [1.54, 1.807) is 12.1 Å². The summed E-state index contributed by atoms with van der Waals surface area (Å²) in [4.78, 5) is 11.8. The minimum atomic E-state index is -0.509. The number of halogens is 2. The molecule has 0 bridgehead atoms. The van der Waals surface area contributed by atoms with E-state index in [0.29, 0.717) is 5.02 Å². The number of esters is 1. The lowest BCUT2D eigenvalue weighted by Crippen LogP contribution is -2.22. The summed E-state index contributed by atoms with van der Waals surface area (Å²) >= 11 is 6.25. The van der Waals surface area contributed by atoms with E-state index in [2.05, 4.69) is 6.92 Å². The maximum atomic E-state index is 13.4. The molecule has 0 fully saturated rings. The van der Waals surface area contributed by atoms with Crippen LogP contribution < -0.4 is 0 Å². The Morgan fingerprint density at radius 3 is 2.32 bits per heavy atom. The molecule has 0 amide bonds. The van der Waals surface area contributed by atoms with E-state index in [4.69, 9.17) is 16.3 Å². The fourth-order valence-corrected chi connectivity index (χ4v) is 3.19. The molecule has 0 spiro atoms. The number of allylic oxidation sites excluding steroid dienone is 2. The molecule has 0 saturated heterocycles. The van der Waals surface area contributed by atoms with Gasteiger partial charge in [-0.1, -0.05) is 48.9 Å². The first-order valence-electron chi connectivity index (χ1n) is 9.27. The first kappa shape index (κ1) is 21.9. The zero-order valence-corrected chi connectivity index (χ0v) is 17.7. The van der Waals surface area contributed by atoms with Crippen LogP contribution in [-0.4, -0.2) is 11.6 Å². The van der Waals surface area contributed by atoms with Gasteiger partial charge < -0.3 is 4.74 Å². The summed E-state index contributed by atoms with van der Waals surface area (Å²) < 4.78 is 18.6. The van der Waals surface area contributed by atoms with E-state index in [1.807, 2.05) is 52.0 Å². The van der Waals surface area contributed by atoms with Crippen molar-refractivity contribution in [2.24, 2.45) is 0 Å². The molecule has 0 aliphatic rings. The van der Waals surface area contributed by atoms with Gasteiger partial charge in [-0.25, -0.2) is 9.18 Å². The monoisotopic (exact) mass is 400 g/mol. The number of carbonyl (C=O) groups excluding carboxylic acids is 1. The van der Waals surface area contributed by atoms with E-state index < -0.39 is 5.60 Å². The minimum absolute atomic E-state index is 0.344. The normalized spacial score (nSPS) is 12.8. The van der Waals surface area contributed by atoms with Crippen LogP contribution in [0.2, 0.25) is 5.02 Å². The first-order valence-corrected chi connectivity index (χ1v) is 9.65. The van der Waals surface area contributed by atoms with Crippen LogP contribution in [0.5, 0.6) is 0 Å². The third-order valence-corrected chi connectivity index (χ3v) is 4.54. The summed E-state index contributed by atoms with van der Waals surface area (Å²) in [6.45, 7) is 9.59. The Morgan fingerprint density at radius 2 is 1.79 bits per heavy atom. The molecule has 0 radical (unpaired) electrons. The molecule has 4 heteroatoms. The van der Waals surface area contributed by atoms with Gasteiger partial charge in [-0.05, 0) is 80.2 Å². The Balaban J connectivity index is 2.25. The van der Waals surface area contributed by atoms with E-state index in [1.165, 1.54) is 18.2 Å². The number of hydrogen-bond donors (Lipinski definition) is 0. The third-order valence-electron chi connectivity index (χ3n) is 4.22. The van der Waals surface area contributed by atoms with Crippen molar-refractivity contribution in [3.8, 4) is 0 Å². The molecular weight excluding hydrogens is 375 g/mol. The molecule has 0 atom stereocenters. The molecule has 0 aromatic heterocycles. The van der Waals surface area contributed by atoms with Gasteiger partial charge in [0.05, 0.1) is 5.02 Å². The second-order valence-electron chi connectivity index (χ2n) is 7.57. The number of hydrogen-bond acceptors (Lipinski definition) is 2. The summed E-state index contributed by atoms with van der Waals surface area (Å²) in [6.07, 6.45) is 3.94. The van der Waals surface area contributed by atoms with Crippen molar-refractivity contribution in [3.63, 3.8) is 0 Å². The SMILES string of the molecule is CC/C(=C(\C)c1ccc(/C=C/C(=O)OC(C)(C)C)cc1)c1ccc(F)cc1Cl. The van der Waals surface area contributed by atoms with Crippen molar-refractivity contribution in [3.05, 3.63) is 76.1 Å². The van der Waals surface area contributed by atoms with E-state index in [9.17, 15) is 9.18 Å². The van der Waals surface area contributed by atoms with Crippen molar-refractivity contribution in [2.75, 3.05) is 0 Å². The Labute approximate surface area is 171 Å². The second kappa shape index (κ2) is 9.20. The molecule has 28 heavy (non-hydrogen) atoms. The lowest BCUT2D eigenvalue weighted by molar-refractivity contribution is -0.148. The van der Waals surface area contributed by atoms with Gasteiger partial charge in [0.25, 0.3) is 0 Å². The van der Waals surface area contributed by atoms with E-state index in [0.717, 1.165) is 34.3 Å². The van der Waals surface area contributed by atoms with Crippen molar-refractivity contribution in [1.82, 2.24) is 0 Å². The lowest BCUT2D eigenvalue weighted by atomic mass is 9.93. The summed E-state index contributed by atoms with van der Waals surface area (Å²) in [5, 5.41) is 0.410. The quantitative estimate of drug-likeness (QED) is 0.302. The van der Waals surface area contributed by atoms with Crippen LogP contribution in [0.15, 0.2) is 48.5 Å². The van der Waals surface area contributed by atoms with Crippen molar-refractivity contribution in [1.29, 1.82) is 0 Å². The van der Waals surface area contributed by atoms with Gasteiger partial charge in [-0.15, -0.1) is 0 Å². The Kier molecular flexibility index (Phi) is 7.20. The zero-order valence-electron chi connectivity index (χ0n) is 17.0. The predicted octanol–water partition coefficient (Wildman–Crippen LogP) is 7.17. The Hall–Kier alpha value is -2.39. The van der Waals surface area contributed by atoms with Crippen LogP contribution in [-0.2, 0) is 9.53 Å². The fourth-order valence-electron chi connectivity index (χ4n) is 2.91. The van der Waals surface area contributed by atoms with Gasteiger partial charge in [-0.2, -0.15) is 0 Å². The van der Waals surface area contributed by atoms with Crippen molar-refractivity contribution >= 4 is 34.8 Å². The van der Waals surface area contributed by atoms with Crippen LogP contribution in [0.25, 0.3) is 17.2 Å². The number of rotatable bonds is 5. The average Bonchev–Trinajstić information content (AvgIpc) is 2.61. The maximum Gasteiger partial charge on any atom is 0.331 e. The highest BCUT2D eigenvalue weighted by Crippen LogP contribution is 2.33. The van der Waals surface area contributed by atoms with Crippen LogP contribution >= 0.6 is 11.6 Å². The van der Waals surface area contributed by atoms with Gasteiger partial charge in [0.15, 0.2) is 0 Å². The molecule has 0 heterocycles. The van der Waals surface area contributed by atoms with Crippen molar-refractivity contribution in [2.45, 2.75) is 46.6 Å². The summed E-state index contributed by atoms with van der Waals surface area (Å²) in [6, 6.07) is 12.4. The molecule has 0 unspecified atom stereocenters. The number of carbonyl (C=O) groups is 1. The molecule has 2 nitrogen and oxygen atoms in total. The second-order valence-corrected chi connectivity index (χ2v) is 7.98. The average molecular weight is 401 g/mol. The van der Waals surface area contributed by atoms with E-state index >= 15 is 0 Å². The van der Waals surface area contributed by atoms with Gasteiger partial charge >= 0.3 is 5.97 Å². The van der Waals surface area contributed by atoms with E-state index in [-0.39, 0.29) is 11.8 Å². The summed E-state index contributed by atoms with van der Waals surface area (Å²) in [5.74, 6) is -0.713. The molecule has 0 N–H and O–H groups in total. The molecule has 0 aliphatic heterocycles. The predicted molar refractivity (Wildman–Crippen MR) is 116 cm³/mol. The fraction of sp³-hybridized carbons (Fsp3) is 0.292. The molecule has 0 aliphatic carbocycles. The minimum Gasteiger partial charge on any atom is -0.457 e. The zero-order chi connectivity index (χ0) is 20.9. The third kappa shape index (κ3) is 6.07. The van der Waals surface area contributed by atoms with Crippen molar-refractivity contribution < 1.29 is 13.9 Å². The van der Waals surface area contributed by atoms with Gasteiger partial charge in [0, 0.05) is 6.08 Å². The smallest absolute Gasteiger partial charge is 0.331 e. The highest BCUT2D eigenvalue weighted by molar-refractivity contribution is 6.32. The van der Waals surface area contributed by atoms with Crippen LogP contribution in [0, 0.1) is 5.82 Å². The lowest BCUT2D eigenvalue weighted by Gasteiger charge is -2.17. The Bertz CT molecular complexity index is 903. The van der Waals surface area contributed by atoms with Crippen LogP contribution in [0.3, 0.4) is 0 Å². The molecular formula is C24H26ClFO2. The summed E-state index contributed by atoms with van der Waals surface area (Å²) in [5.41, 5.74) is 4.44. The first-order chi connectivity index (χ1) is 13.1. The topological polar surface area (TPSA) is 26.3 Å². The van der Waals surface area contributed by atoms with Crippen LogP contribution in [0.4, 0.5) is 4.39 Å². The Morgan fingerprint density at radius 1 is 1.14 bits per heavy atom. The molecule has 0 saturated carbocycles. The molecule has 148 valence electrons. The maximum absolute atomic E-state index is 13.4. The van der Waals surface area contributed by atoms with Crippen LogP contribution in [0.1, 0.15) is 57.7 Å². The van der Waals surface area contributed by atoms with Gasteiger partial charge in [-0.3, -0.25) is 0 Å². The molecule has 2 aromatic rings. The van der Waals surface area contributed by atoms with Gasteiger partial charge in [0.1, 0.15) is 11.4 Å². The number of ether oxygens (including phenoxy) is 1. The van der Waals surface area contributed by atoms with Gasteiger partial charge in [0.2, 0.25) is 0 Å². The highest BCUT2D eigenvalue weighted by Gasteiger charge is 2.14. The standard InChI is InChI=1S/C24H26ClFO2/c1-6-20(21-13-12-19(26)15-22(21)25)16(2)18-10-7-17(8-11-18)9-14-23(27)28-24(3,4)5/h7-15H,6H2,1-5H3/b14-9+,20-16-. The molecule has 2 rings (SSSR count). The largest absolute Gasteiger partial charge is 0.457 e. The number of benzene rings is 2. The molecule has 2 aromatic carbocycles. The highest BCUT2D eigenvalue weighted by atomic mass is 35.5. The summed E-state index contributed by atoms with van der Waals surface area (Å²) in [7, 11) is 0.